The van der Waals surface area contributed by atoms with Crippen LogP contribution in [0.3, 0.4) is 0 Å². The van der Waals surface area contributed by atoms with Crippen molar-refractivity contribution in [2.45, 2.75) is 18.9 Å². The number of nitrogens with zero attached hydrogens (tertiary/aromatic N) is 3. The number of aliphatic hydroxyl groups is 1. The van der Waals surface area contributed by atoms with E-state index in [0.717, 1.165) is 22.5 Å². The molecule has 3 aromatic carbocycles. The second-order valence-electron chi connectivity index (χ2n) is 9.15. The summed E-state index contributed by atoms with van der Waals surface area (Å²) in [6.45, 7) is 0. The quantitative estimate of drug-likeness (QED) is 0.507. The topological polar surface area (TPSA) is 64.1 Å². The van der Waals surface area contributed by atoms with Crippen molar-refractivity contribution in [1.82, 2.24) is 0 Å². The number of amides is 1. The van der Waals surface area contributed by atoms with Gasteiger partial charge in [0.15, 0.2) is 11.5 Å². The zero-order valence-corrected chi connectivity index (χ0v) is 20.6. The Morgan fingerprint density at radius 3 is 1.91 bits per heavy atom. The minimum absolute atomic E-state index is 0.153. The Labute approximate surface area is 206 Å². The standard InChI is InChI=1S/C29H31N3O3/c1-30(2)22-13-11-21(12-14-22)27-26(25(33)19-10-20-8-6-5-7-9-20)28(34)29(35)32(27)24-17-15-23(16-18-24)31(3)4/h5-9,11-18,27,34H,10,19H2,1-4H3. The molecule has 1 unspecified atom stereocenters. The van der Waals surface area contributed by atoms with Gasteiger partial charge in [0.25, 0.3) is 5.91 Å². The molecule has 6 nitrogen and oxygen atoms in total. The SMILES string of the molecule is CN(C)c1ccc(C2C(C(=O)CCc3ccccc3)=C(O)C(=O)N2c2ccc(N(C)C)cc2)cc1. The summed E-state index contributed by atoms with van der Waals surface area (Å²) in [7, 11) is 7.80. The van der Waals surface area contributed by atoms with E-state index < -0.39 is 17.7 Å². The Kier molecular flexibility index (Phi) is 6.92. The first-order valence-corrected chi connectivity index (χ1v) is 11.7. The molecule has 0 radical (unpaired) electrons. The van der Waals surface area contributed by atoms with E-state index in [0.29, 0.717) is 12.1 Å². The van der Waals surface area contributed by atoms with Gasteiger partial charge in [-0.15, -0.1) is 0 Å². The number of hydrogen-bond donors (Lipinski definition) is 1. The Balaban J connectivity index is 1.72. The maximum absolute atomic E-state index is 13.4. The van der Waals surface area contributed by atoms with Gasteiger partial charge in [-0.1, -0.05) is 42.5 Å². The van der Waals surface area contributed by atoms with Gasteiger partial charge in [0.1, 0.15) is 0 Å². The number of anilines is 3. The monoisotopic (exact) mass is 469 g/mol. The van der Waals surface area contributed by atoms with Crippen molar-refractivity contribution in [2.75, 3.05) is 42.9 Å². The number of ketones is 1. The summed E-state index contributed by atoms with van der Waals surface area (Å²) in [5.41, 5.74) is 4.58. The van der Waals surface area contributed by atoms with Crippen molar-refractivity contribution < 1.29 is 14.7 Å². The van der Waals surface area contributed by atoms with Gasteiger partial charge in [-0.3, -0.25) is 14.5 Å². The zero-order chi connectivity index (χ0) is 25.1. The molecule has 6 heteroatoms. The number of hydrogen-bond acceptors (Lipinski definition) is 5. The fourth-order valence-electron chi connectivity index (χ4n) is 4.38. The molecule has 1 aliphatic rings. The fourth-order valence-corrected chi connectivity index (χ4v) is 4.38. The minimum atomic E-state index is -0.702. The molecule has 35 heavy (non-hydrogen) atoms. The number of aryl methyl sites for hydroxylation is 1. The normalized spacial score (nSPS) is 15.5. The highest BCUT2D eigenvalue weighted by Crippen LogP contribution is 2.42. The van der Waals surface area contributed by atoms with Crippen LogP contribution in [0.1, 0.15) is 23.6 Å². The molecule has 0 aliphatic carbocycles. The molecule has 3 aromatic rings. The van der Waals surface area contributed by atoms with Gasteiger partial charge in [0, 0.05) is 51.7 Å². The number of carbonyl (C=O) groups excluding carboxylic acids is 2. The van der Waals surface area contributed by atoms with E-state index in [4.69, 9.17) is 0 Å². The molecule has 0 saturated heterocycles. The van der Waals surface area contributed by atoms with Crippen LogP contribution in [-0.4, -0.2) is 45.0 Å². The molecule has 0 spiro atoms. The van der Waals surface area contributed by atoms with Gasteiger partial charge in [-0.05, 0) is 53.9 Å². The van der Waals surface area contributed by atoms with Crippen LogP contribution in [-0.2, 0) is 16.0 Å². The van der Waals surface area contributed by atoms with E-state index in [9.17, 15) is 14.7 Å². The summed E-state index contributed by atoms with van der Waals surface area (Å²) in [5, 5.41) is 10.9. The van der Waals surface area contributed by atoms with Crippen LogP contribution in [0.5, 0.6) is 0 Å². The maximum atomic E-state index is 13.4. The highest BCUT2D eigenvalue weighted by molar-refractivity contribution is 6.16. The summed E-state index contributed by atoms with van der Waals surface area (Å²) in [6, 6.07) is 24.3. The van der Waals surface area contributed by atoms with E-state index in [-0.39, 0.29) is 17.8 Å². The summed E-state index contributed by atoms with van der Waals surface area (Å²) in [5.74, 6) is -1.26. The maximum Gasteiger partial charge on any atom is 0.294 e. The van der Waals surface area contributed by atoms with Crippen LogP contribution in [0.2, 0.25) is 0 Å². The first-order valence-electron chi connectivity index (χ1n) is 11.7. The summed E-state index contributed by atoms with van der Waals surface area (Å²) < 4.78 is 0. The average molecular weight is 470 g/mol. The number of benzene rings is 3. The van der Waals surface area contributed by atoms with Crippen molar-refractivity contribution in [3.63, 3.8) is 0 Å². The third-order valence-electron chi connectivity index (χ3n) is 6.36. The van der Waals surface area contributed by atoms with Gasteiger partial charge in [-0.25, -0.2) is 0 Å². The molecule has 1 aliphatic heterocycles. The van der Waals surface area contributed by atoms with Crippen LogP contribution in [0.15, 0.2) is 90.2 Å². The van der Waals surface area contributed by atoms with Crippen molar-refractivity contribution in [2.24, 2.45) is 0 Å². The molecular formula is C29H31N3O3. The lowest BCUT2D eigenvalue weighted by Gasteiger charge is -2.28. The zero-order valence-electron chi connectivity index (χ0n) is 20.6. The third-order valence-corrected chi connectivity index (χ3v) is 6.36. The highest BCUT2D eigenvalue weighted by atomic mass is 16.3. The Morgan fingerprint density at radius 1 is 0.829 bits per heavy atom. The lowest BCUT2D eigenvalue weighted by molar-refractivity contribution is -0.118. The third kappa shape index (κ3) is 4.92. The Hall–Kier alpha value is -4.06. The predicted molar refractivity (Wildman–Crippen MR) is 141 cm³/mol. The van der Waals surface area contributed by atoms with Crippen LogP contribution in [0, 0.1) is 0 Å². The molecule has 1 amide bonds. The van der Waals surface area contributed by atoms with Gasteiger partial charge in [0.2, 0.25) is 0 Å². The first-order chi connectivity index (χ1) is 16.8. The van der Waals surface area contributed by atoms with Crippen molar-refractivity contribution in [3.05, 3.63) is 101 Å². The molecule has 4 rings (SSSR count). The van der Waals surface area contributed by atoms with E-state index in [1.807, 2.05) is 117 Å². The van der Waals surface area contributed by atoms with E-state index in [1.54, 1.807) is 0 Å². The summed E-state index contributed by atoms with van der Waals surface area (Å²) in [4.78, 5) is 32.2. The number of aliphatic hydroxyl groups excluding tert-OH is 1. The van der Waals surface area contributed by atoms with E-state index >= 15 is 0 Å². The van der Waals surface area contributed by atoms with Crippen LogP contribution >= 0.6 is 0 Å². The summed E-state index contributed by atoms with van der Waals surface area (Å²) in [6.07, 6.45) is 0.741. The molecule has 1 atom stereocenters. The van der Waals surface area contributed by atoms with Crippen LogP contribution in [0.4, 0.5) is 17.1 Å². The molecule has 180 valence electrons. The largest absolute Gasteiger partial charge is 0.503 e. The van der Waals surface area contributed by atoms with Gasteiger partial charge in [0.05, 0.1) is 11.6 Å². The molecular weight excluding hydrogens is 438 g/mol. The second kappa shape index (κ2) is 10.1. The second-order valence-corrected chi connectivity index (χ2v) is 9.15. The fraction of sp³-hybridized carbons (Fsp3) is 0.241. The van der Waals surface area contributed by atoms with Gasteiger partial charge < -0.3 is 14.9 Å². The molecule has 1 heterocycles. The van der Waals surface area contributed by atoms with E-state index in [2.05, 4.69) is 0 Å². The minimum Gasteiger partial charge on any atom is -0.503 e. The lowest BCUT2D eigenvalue weighted by atomic mass is 9.93. The van der Waals surface area contributed by atoms with E-state index in [1.165, 1.54) is 4.90 Å². The number of rotatable bonds is 8. The Bertz CT molecular complexity index is 1230. The van der Waals surface area contributed by atoms with Crippen molar-refractivity contribution >= 4 is 28.8 Å². The lowest BCUT2D eigenvalue weighted by Crippen LogP contribution is -2.31. The molecule has 0 saturated carbocycles. The predicted octanol–water partition coefficient (Wildman–Crippen LogP) is 4.92. The van der Waals surface area contributed by atoms with Crippen LogP contribution < -0.4 is 14.7 Å². The molecule has 1 N–H and O–H groups in total. The number of Topliss-reactive ketones (excluding diaryl/α,β-unsaturated/α-hetero) is 1. The smallest absolute Gasteiger partial charge is 0.294 e. The summed E-state index contributed by atoms with van der Waals surface area (Å²) >= 11 is 0. The average Bonchev–Trinajstić information content (AvgIpc) is 3.13. The Morgan fingerprint density at radius 2 is 1.37 bits per heavy atom. The number of carbonyl (C=O) groups is 2. The molecule has 0 aromatic heterocycles. The molecule has 0 bridgehead atoms. The highest BCUT2D eigenvalue weighted by Gasteiger charge is 2.44. The van der Waals surface area contributed by atoms with Crippen molar-refractivity contribution in [3.8, 4) is 0 Å². The van der Waals surface area contributed by atoms with Crippen molar-refractivity contribution in [1.29, 1.82) is 0 Å². The first kappa shape index (κ1) is 24.1. The van der Waals surface area contributed by atoms with Gasteiger partial charge >= 0.3 is 0 Å². The molecule has 0 fully saturated rings. The van der Waals surface area contributed by atoms with Gasteiger partial charge in [-0.2, -0.15) is 0 Å². The van der Waals surface area contributed by atoms with Crippen LogP contribution in [0.25, 0.3) is 0 Å².